The zero-order valence-corrected chi connectivity index (χ0v) is 31.2. The number of carbonyl (C=O) groups is 2. The largest absolute Gasteiger partial charge is 0.444 e. The second-order valence-electron chi connectivity index (χ2n) is 18.1. The van der Waals surface area contributed by atoms with Crippen molar-refractivity contribution in [2.45, 2.75) is 116 Å². The highest BCUT2D eigenvalue weighted by molar-refractivity contribution is 6.04. The molecule has 2 aromatic heterocycles. The summed E-state index contributed by atoms with van der Waals surface area (Å²) in [4.78, 5) is 47.4. The number of carbonyl (C=O) groups excluding carboxylic acids is 2. The van der Waals surface area contributed by atoms with Crippen molar-refractivity contribution in [1.29, 1.82) is 0 Å². The van der Waals surface area contributed by atoms with Crippen LogP contribution in [-0.2, 0) is 9.47 Å². The standard InChI is InChI=1S/C42H46N6O4/c1-39(2,3)51-37(49)47-30(19-41(7)21-32(41)47)35-43-27-15-12-24(18-29(27)45-35)10-9-23-11-14-26-25(17-23)13-16-28-34(26)46-36(44-28)31-20-42(8)22-33(42)48(31)38(50)52-40(4,5)6/h11-18,30-33H,19-22H2,1-8H3,(H,43,45)(H,44,46)/t30-,31-,32?,33?,41-,42-/m0/s1. The molecule has 10 heteroatoms. The summed E-state index contributed by atoms with van der Waals surface area (Å²) >= 11 is 0. The van der Waals surface area contributed by atoms with Gasteiger partial charge in [0, 0.05) is 28.6 Å². The van der Waals surface area contributed by atoms with Gasteiger partial charge in [0.25, 0.3) is 0 Å². The van der Waals surface area contributed by atoms with Gasteiger partial charge in [0.1, 0.15) is 22.9 Å². The van der Waals surface area contributed by atoms with Crippen LogP contribution in [0, 0.1) is 22.7 Å². The van der Waals surface area contributed by atoms with Crippen molar-refractivity contribution in [2.75, 3.05) is 0 Å². The van der Waals surface area contributed by atoms with E-state index < -0.39 is 11.2 Å². The molecule has 0 spiro atoms. The average Bonchev–Trinajstić information content (AvgIpc) is 3.55. The third-order valence-electron chi connectivity index (χ3n) is 11.4. The number of hydrogen-bond donors (Lipinski definition) is 2. The minimum Gasteiger partial charge on any atom is -0.444 e. The molecule has 0 bridgehead atoms. The summed E-state index contributed by atoms with van der Waals surface area (Å²) in [7, 11) is 0. The first-order valence-corrected chi connectivity index (χ1v) is 18.4. The Hall–Kier alpha value is -5.04. The molecule has 2 aliphatic carbocycles. The van der Waals surface area contributed by atoms with Crippen LogP contribution in [0.2, 0.25) is 0 Å². The van der Waals surface area contributed by atoms with E-state index >= 15 is 0 Å². The van der Waals surface area contributed by atoms with Crippen LogP contribution in [0.25, 0.3) is 32.8 Å². The monoisotopic (exact) mass is 698 g/mol. The number of amides is 2. The fourth-order valence-corrected chi connectivity index (χ4v) is 8.65. The lowest BCUT2D eigenvalue weighted by atomic mass is 10.0. The number of H-pyrrole nitrogens is 2. The Morgan fingerprint density at radius 1 is 0.712 bits per heavy atom. The Kier molecular flexibility index (Phi) is 6.79. The molecule has 6 atom stereocenters. The number of likely N-dealkylation sites (tertiary alicyclic amines) is 2. The second-order valence-corrected chi connectivity index (χ2v) is 18.1. The summed E-state index contributed by atoms with van der Waals surface area (Å²) in [5.41, 5.74) is 4.46. The van der Waals surface area contributed by atoms with Gasteiger partial charge >= 0.3 is 12.2 Å². The van der Waals surface area contributed by atoms with Crippen molar-refractivity contribution in [3.63, 3.8) is 0 Å². The van der Waals surface area contributed by atoms with E-state index in [1.807, 2.05) is 75.6 Å². The lowest BCUT2D eigenvalue weighted by molar-refractivity contribution is 0.0164. The number of fused-ring (bicyclic) bond motifs is 6. The van der Waals surface area contributed by atoms with Crippen LogP contribution in [-0.4, -0.2) is 65.2 Å². The SMILES string of the molecule is CC(C)(C)OC(=O)N1C2C[C@]2(C)C[C@H]1c1nc2ccc(C#Cc3ccc4c(ccc5[nH]c([C@@H]6C[C@@]7(C)CC7N6C(=O)OC(C)(C)C)nc54)c3)cc2[nH]1. The summed E-state index contributed by atoms with van der Waals surface area (Å²) in [5.74, 6) is 8.28. The van der Waals surface area contributed by atoms with Gasteiger partial charge in [-0.3, -0.25) is 9.80 Å². The molecule has 10 nitrogen and oxygen atoms in total. The summed E-state index contributed by atoms with van der Waals surface area (Å²) < 4.78 is 11.6. The van der Waals surface area contributed by atoms with Gasteiger partial charge in [-0.2, -0.15) is 0 Å². The highest BCUT2D eigenvalue weighted by Gasteiger charge is 2.65. The number of nitrogens with one attached hydrogen (secondary N) is 2. The van der Waals surface area contributed by atoms with Crippen LogP contribution < -0.4 is 0 Å². The summed E-state index contributed by atoms with van der Waals surface area (Å²) in [6, 6.07) is 16.4. The minimum absolute atomic E-state index is 0.109. The van der Waals surface area contributed by atoms with E-state index in [1.54, 1.807) is 0 Å². The molecule has 52 heavy (non-hydrogen) atoms. The first-order valence-electron chi connectivity index (χ1n) is 18.4. The lowest BCUT2D eigenvalue weighted by Crippen LogP contribution is -2.38. The molecule has 9 rings (SSSR count). The molecule has 2 saturated heterocycles. The van der Waals surface area contributed by atoms with Crippen LogP contribution in [0.3, 0.4) is 0 Å². The number of hydrogen-bond acceptors (Lipinski definition) is 6. The Labute approximate surface area is 303 Å². The van der Waals surface area contributed by atoms with Gasteiger partial charge in [-0.25, -0.2) is 19.6 Å². The Morgan fingerprint density at radius 2 is 1.25 bits per heavy atom. The number of aromatic amines is 2. The van der Waals surface area contributed by atoms with Gasteiger partial charge in [-0.15, -0.1) is 0 Å². The predicted molar refractivity (Wildman–Crippen MR) is 200 cm³/mol. The fraction of sp³-hybridized carbons (Fsp3) is 0.476. The van der Waals surface area contributed by atoms with E-state index in [4.69, 9.17) is 19.4 Å². The van der Waals surface area contributed by atoms with Crippen molar-refractivity contribution in [2.24, 2.45) is 10.8 Å². The van der Waals surface area contributed by atoms with E-state index in [1.165, 1.54) is 0 Å². The van der Waals surface area contributed by atoms with Crippen LogP contribution >= 0.6 is 0 Å². The van der Waals surface area contributed by atoms with E-state index in [2.05, 4.69) is 59.9 Å². The Bertz CT molecular complexity index is 2390. The maximum absolute atomic E-state index is 13.3. The topological polar surface area (TPSA) is 116 Å². The zero-order chi connectivity index (χ0) is 36.5. The maximum atomic E-state index is 13.3. The molecule has 5 aromatic rings. The van der Waals surface area contributed by atoms with Crippen LogP contribution in [0.5, 0.6) is 0 Å². The molecular weight excluding hydrogens is 652 g/mol. The normalized spacial score (nSPS) is 27.8. The summed E-state index contributed by atoms with van der Waals surface area (Å²) in [6.07, 6.45) is 3.19. The third kappa shape index (κ3) is 5.56. The van der Waals surface area contributed by atoms with Crippen molar-refractivity contribution in [3.05, 3.63) is 71.3 Å². The number of piperidine rings is 2. The molecule has 4 aliphatic rings. The molecule has 2 N–H and O–H groups in total. The van der Waals surface area contributed by atoms with Gasteiger partial charge in [-0.1, -0.05) is 37.8 Å². The first-order chi connectivity index (χ1) is 24.5. The summed E-state index contributed by atoms with van der Waals surface area (Å²) in [5, 5.41) is 2.09. The molecule has 2 amide bonds. The summed E-state index contributed by atoms with van der Waals surface area (Å²) in [6.45, 7) is 15.9. The average molecular weight is 699 g/mol. The molecule has 3 aromatic carbocycles. The van der Waals surface area contributed by atoms with Crippen molar-refractivity contribution >= 4 is 45.0 Å². The van der Waals surface area contributed by atoms with Gasteiger partial charge in [0.05, 0.1) is 34.2 Å². The van der Waals surface area contributed by atoms with Gasteiger partial charge < -0.3 is 19.4 Å². The zero-order valence-electron chi connectivity index (χ0n) is 31.2. The molecular formula is C42H46N6O4. The lowest BCUT2D eigenvalue weighted by Gasteiger charge is -2.29. The van der Waals surface area contributed by atoms with Gasteiger partial charge in [0.2, 0.25) is 0 Å². The first kappa shape index (κ1) is 32.8. The number of aromatic nitrogens is 4. The van der Waals surface area contributed by atoms with Crippen molar-refractivity contribution < 1.29 is 19.1 Å². The van der Waals surface area contributed by atoms with Gasteiger partial charge in [-0.05, 0) is 120 Å². The van der Waals surface area contributed by atoms with Crippen LogP contribution in [0.1, 0.15) is 116 Å². The predicted octanol–water partition coefficient (Wildman–Crippen LogP) is 8.91. The number of rotatable bonds is 2. The van der Waals surface area contributed by atoms with E-state index in [0.29, 0.717) is 0 Å². The molecule has 0 radical (unpaired) electrons. The second kappa shape index (κ2) is 10.8. The van der Waals surface area contributed by atoms with Gasteiger partial charge in [0.15, 0.2) is 0 Å². The quantitative estimate of drug-likeness (QED) is 0.178. The van der Waals surface area contributed by atoms with Crippen molar-refractivity contribution in [1.82, 2.24) is 29.7 Å². The minimum atomic E-state index is -0.559. The fourth-order valence-electron chi connectivity index (χ4n) is 8.65. The van der Waals surface area contributed by atoms with Crippen molar-refractivity contribution in [3.8, 4) is 11.8 Å². The molecule has 4 fully saturated rings. The Balaban J connectivity index is 0.958. The number of benzene rings is 3. The Morgan fingerprint density at radius 3 is 1.85 bits per heavy atom. The number of ether oxygens (including phenoxy) is 2. The third-order valence-corrected chi connectivity index (χ3v) is 11.4. The maximum Gasteiger partial charge on any atom is 0.411 e. The molecule has 4 heterocycles. The van der Waals surface area contributed by atoms with Crippen LogP contribution in [0.15, 0.2) is 48.5 Å². The highest BCUT2D eigenvalue weighted by Crippen LogP contribution is 2.64. The molecule has 268 valence electrons. The molecule has 2 aliphatic heterocycles. The van der Waals surface area contributed by atoms with E-state index in [0.717, 1.165) is 81.3 Å². The van der Waals surface area contributed by atoms with Crippen LogP contribution in [0.4, 0.5) is 9.59 Å². The highest BCUT2D eigenvalue weighted by atomic mass is 16.6. The number of imidazole rings is 2. The molecule has 2 saturated carbocycles. The smallest absolute Gasteiger partial charge is 0.411 e. The molecule has 2 unspecified atom stereocenters. The number of nitrogens with zero attached hydrogens (tertiary/aromatic N) is 4. The van der Waals surface area contributed by atoms with E-state index in [-0.39, 0.29) is 47.2 Å². The van der Waals surface area contributed by atoms with E-state index in [9.17, 15) is 9.59 Å².